The smallest absolute Gasteiger partial charge is 0.116 e. The third kappa shape index (κ3) is 2.16. The van der Waals surface area contributed by atoms with Crippen LogP contribution in [-0.4, -0.2) is 10.1 Å². The fourth-order valence-corrected chi connectivity index (χ4v) is 1.05. The van der Waals surface area contributed by atoms with Gasteiger partial charge in [0, 0.05) is 5.69 Å². The molecule has 2 heteroatoms. The molecule has 0 aromatic carbocycles. The Morgan fingerprint density at radius 1 is 1.46 bits per heavy atom. The molecule has 2 nitrogen and oxygen atoms in total. The average molecular weight is 177 g/mol. The molecule has 1 aromatic rings. The maximum absolute atomic E-state index is 9.65. The molecule has 0 aliphatic carbocycles. The fourth-order valence-electron chi connectivity index (χ4n) is 1.05. The highest BCUT2D eigenvalue weighted by Gasteiger charge is 2.09. The van der Waals surface area contributed by atoms with Crippen molar-refractivity contribution < 1.29 is 5.11 Å². The van der Waals surface area contributed by atoms with Crippen LogP contribution in [0.25, 0.3) is 0 Å². The predicted molar refractivity (Wildman–Crippen MR) is 53.5 cm³/mol. The lowest BCUT2D eigenvalue weighted by Gasteiger charge is -2.10. The zero-order valence-electron chi connectivity index (χ0n) is 8.33. The molecule has 1 aromatic heterocycles. The van der Waals surface area contributed by atoms with Crippen molar-refractivity contribution in [2.45, 2.75) is 26.9 Å². The van der Waals surface area contributed by atoms with Gasteiger partial charge < -0.3 is 5.11 Å². The van der Waals surface area contributed by atoms with Crippen molar-refractivity contribution in [1.82, 2.24) is 4.98 Å². The van der Waals surface area contributed by atoms with Crippen molar-refractivity contribution in [2.24, 2.45) is 0 Å². The van der Waals surface area contributed by atoms with Gasteiger partial charge in [0.1, 0.15) is 6.10 Å². The maximum Gasteiger partial charge on any atom is 0.116 e. The molecule has 1 atom stereocenters. The molecule has 0 aliphatic rings. The Kier molecular flexibility index (Phi) is 2.83. The monoisotopic (exact) mass is 177 g/mol. The number of aliphatic hydroxyl groups is 1. The summed E-state index contributed by atoms with van der Waals surface area (Å²) in [5.41, 5.74) is 3.49. The van der Waals surface area contributed by atoms with Gasteiger partial charge in [0.05, 0.1) is 5.69 Å². The van der Waals surface area contributed by atoms with E-state index >= 15 is 0 Å². The molecule has 0 amide bonds. The van der Waals surface area contributed by atoms with Crippen LogP contribution in [0.15, 0.2) is 24.3 Å². The summed E-state index contributed by atoms with van der Waals surface area (Å²) < 4.78 is 0. The summed E-state index contributed by atoms with van der Waals surface area (Å²) in [6.07, 6.45) is -0.640. The molecule has 70 valence electrons. The number of aliphatic hydroxyl groups excluding tert-OH is 1. The minimum Gasteiger partial charge on any atom is -0.382 e. The van der Waals surface area contributed by atoms with E-state index in [1.807, 2.05) is 26.0 Å². The Bertz CT molecular complexity index is 331. The van der Waals surface area contributed by atoms with Gasteiger partial charge in [0.25, 0.3) is 0 Å². The lowest BCUT2D eigenvalue weighted by molar-refractivity contribution is 0.211. The summed E-state index contributed by atoms with van der Waals surface area (Å²) in [6, 6.07) is 3.80. The first-order chi connectivity index (χ1) is 6.02. The van der Waals surface area contributed by atoms with E-state index in [9.17, 15) is 5.11 Å². The number of aromatic nitrogens is 1. The number of nitrogens with zero attached hydrogens (tertiary/aromatic N) is 1. The van der Waals surface area contributed by atoms with Gasteiger partial charge in [0.2, 0.25) is 0 Å². The van der Waals surface area contributed by atoms with Crippen molar-refractivity contribution >= 4 is 0 Å². The lowest BCUT2D eigenvalue weighted by atomic mass is 10.1. The normalized spacial score (nSPS) is 12.6. The molecule has 0 radical (unpaired) electrons. The molecule has 1 unspecified atom stereocenters. The number of hydrogen-bond donors (Lipinski definition) is 1. The first kappa shape index (κ1) is 9.93. The number of rotatable bonds is 2. The molecule has 0 saturated carbocycles. The highest BCUT2D eigenvalue weighted by Crippen LogP contribution is 2.18. The van der Waals surface area contributed by atoms with E-state index in [0.717, 1.165) is 16.8 Å². The first-order valence-corrected chi connectivity index (χ1v) is 4.30. The third-order valence-electron chi connectivity index (χ3n) is 2.12. The zero-order chi connectivity index (χ0) is 10.0. The minimum atomic E-state index is -0.640. The van der Waals surface area contributed by atoms with Gasteiger partial charge in [-0.25, -0.2) is 0 Å². The van der Waals surface area contributed by atoms with Crippen LogP contribution in [-0.2, 0) is 0 Å². The van der Waals surface area contributed by atoms with E-state index in [2.05, 4.69) is 11.6 Å². The standard InChI is InChI=1S/C11H15NO/c1-7(2)11(13)10-6-5-8(3)9(4)12-10/h5-6,11,13H,1H2,2-4H3. The summed E-state index contributed by atoms with van der Waals surface area (Å²) in [6.45, 7) is 9.42. The third-order valence-corrected chi connectivity index (χ3v) is 2.12. The van der Waals surface area contributed by atoms with Crippen LogP contribution in [0.2, 0.25) is 0 Å². The molecule has 0 aliphatic heterocycles. The van der Waals surface area contributed by atoms with Gasteiger partial charge >= 0.3 is 0 Å². The first-order valence-electron chi connectivity index (χ1n) is 4.30. The molecule has 0 fully saturated rings. The van der Waals surface area contributed by atoms with E-state index in [1.165, 1.54) is 0 Å². The number of aryl methyl sites for hydroxylation is 2. The molecule has 1 rings (SSSR count). The second kappa shape index (κ2) is 3.71. The second-order valence-corrected chi connectivity index (χ2v) is 3.39. The molecule has 1 N–H and O–H groups in total. The van der Waals surface area contributed by atoms with E-state index in [4.69, 9.17) is 0 Å². The zero-order valence-corrected chi connectivity index (χ0v) is 8.33. The Labute approximate surface area is 78.9 Å². The van der Waals surface area contributed by atoms with Gasteiger partial charge in [-0.05, 0) is 38.0 Å². The molecular weight excluding hydrogens is 162 g/mol. The quantitative estimate of drug-likeness (QED) is 0.703. The number of pyridine rings is 1. The van der Waals surface area contributed by atoms with E-state index in [-0.39, 0.29) is 0 Å². The Morgan fingerprint density at radius 2 is 2.08 bits per heavy atom. The molecule has 0 saturated heterocycles. The van der Waals surface area contributed by atoms with E-state index in [1.54, 1.807) is 6.92 Å². The Morgan fingerprint density at radius 3 is 2.54 bits per heavy atom. The second-order valence-electron chi connectivity index (χ2n) is 3.39. The van der Waals surface area contributed by atoms with Gasteiger partial charge in [0.15, 0.2) is 0 Å². The summed E-state index contributed by atoms with van der Waals surface area (Å²) in [4.78, 5) is 4.28. The van der Waals surface area contributed by atoms with E-state index < -0.39 is 6.10 Å². The summed E-state index contributed by atoms with van der Waals surface area (Å²) in [7, 11) is 0. The Balaban J connectivity index is 3.03. The van der Waals surface area contributed by atoms with Crippen LogP contribution in [0.5, 0.6) is 0 Å². The van der Waals surface area contributed by atoms with Crippen LogP contribution in [0, 0.1) is 13.8 Å². The van der Waals surface area contributed by atoms with Crippen LogP contribution in [0.3, 0.4) is 0 Å². The Hall–Kier alpha value is -1.15. The summed E-state index contributed by atoms with van der Waals surface area (Å²) in [5, 5.41) is 9.65. The van der Waals surface area contributed by atoms with E-state index in [0.29, 0.717) is 5.69 Å². The van der Waals surface area contributed by atoms with Crippen LogP contribution in [0.1, 0.15) is 30.0 Å². The summed E-state index contributed by atoms with van der Waals surface area (Å²) in [5.74, 6) is 0. The minimum absolute atomic E-state index is 0.640. The van der Waals surface area contributed by atoms with Gasteiger partial charge in [-0.1, -0.05) is 12.6 Å². The highest BCUT2D eigenvalue weighted by atomic mass is 16.3. The number of hydrogen-bond acceptors (Lipinski definition) is 2. The van der Waals surface area contributed by atoms with Gasteiger partial charge in [-0.2, -0.15) is 0 Å². The van der Waals surface area contributed by atoms with Crippen molar-refractivity contribution in [3.63, 3.8) is 0 Å². The van der Waals surface area contributed by atoms with Crippen LogP contribution >= 0.6 is 0 Å². The van der Waals surface area contributed by atoms with Crippen molar-refractivity contribution in [1.29, 1.82) is 0 Å². The van der Waals surface area contributed by atoms with Gasteiger partial charge in [-0.3, -0.25) is 4.98 Å². The average Bonchev–Trinajstić information content (AvgIpc) is 2.08. The molecule has 0 bridgehead atoms. The van der Waals surface area contributed by atoms with Gasteiger partial charge in [-0.15, -0.1) is 0 Å². The van der Waals surface area contributed by atoms with Crippen molar-refractivity contribution in [3.05, 3.63) is 41.2 Å². The fraction of sp³-hybridized carbons (Fsp3) is 0.364. The molecule has 13 heavy (non-hydrogen) atoms. The van der Waals surface area contributed by atoms with Crippen LogP contribution in [0.4, 0.5) is 0 Å². The molecular formula is C11H15NO. The largest absolute Gasteiger partial charge is 0.382 e. The SMILES string of the molecule is C=C(C)C(O)c1ccc(C)c(C)n1. The predicted octanol–water partition coefficient (Wildman–Crippen LogP) is 2.31. The topological polar surface area (TPSA) is 33.1 Å². The molecule has 0 spiro atoms. The highest BCUT2D eigenvalue weighted by molar-refractivity contribution is 5.24. The lowest BCUT2D eigenvalue weighted by Crippen LogP contribution is -2.02. The van der Waals surface area contributed by atoms with Crippen molar-refractivity contribution in [2.75, 3.05) is 0 Å². The van der Waals surface area contributed by atoms with Crippen molar-refractivity contribution in [3.8, 4) is 0 Å². The molecule has 1 heterocycles. The maximum atomic E-state index is 9.65. The van der Waals surface area contributed by atoms with Crippen LogP contribution < -0.4 is 0 Å². The summed E-state index contributed by atoms with van der Waals surface area (Å²) >= 11 is 0.